The van der Waals surface area contributed by atoms with E-state index in [9.17, 15) is 10.2 Å². The number of phenolic OH excluding ortho intramolecular Hbond substituents is 2. The van der Waals surface area contributed by atoms with Crippen LogP contribution in [0.2, 0.25) is 0 Å². The Bertz CT molecular complexity index is 732. The summed E-state index contributed by atoms with van der Waals surface area (Å²) in [5, 5.41) is 18.8. The molecule has 0 saturated carbocycles. The van der Waals surface area contributed by atoms with Crippen molar-refractivity contribution in [1.29, 1.82) is 0 Å². The number of nitrogens with one attached hydrogen (secondary N) is 1. The van der Waals surface area contributed by atoms with Gasteiger partial charge in [0, 0.05) is 5.56 Å². The Morgan fingerprint density at radius 2 is 1.83 bits per heavy atom. The number of hydrogen-bond donors (Lipinski definition) is 3. The summed E-state index contributed by atoms with van der Waals surface area (Å²) in [6.07, 6.45) is 0. The lowest BCUT2D eigenvalue weighted by atomic mass is 10.2. The molecule has 0 unspecified atom stereocenters. The molecule has 0 saturated heterocycles. The second-order valence-electron chi connectivity index (χ2n) is 4.31. The van der Waals surface area contributed by atoms with Crippen LogP contribution in [0.5, 0.6) is 11.5 Å². The van der Waals surface area contributed by atoms with E-state index in [2.05, 4.69) is 9.97 Å². The fourth-order valence-corrected chi connectivity index (χ4v) is 1.93. The summed E-state index contributed by atoms with van der Waals surface area (Å²) in [5.74, 6) is 0.390. The Labute approximate surface area is 104 Å². The molecule has 3 rings (SSSR count). The molecule has 18 heavy (non-hydrogen) atoms. The Kier molecular flexibility index (Phi) is 2.23. The lowest BCUT2D eigenvalue weighted by molar-refractivity contribution is 0.404. The van der Waals surface area contributed by atoms with Crippen molar-refractivity contribution in [2.24, 2.45) is 0 Å². The van der Waals surface area contributed by atoms with Gasteiger partial charge in [-0.3, -0.25) is 0 Å². The molecule has 1 aromatic heterocycles. The van der Waals surface area contributed by atoms with Crippen LogP contribution in [0.3, 0.4) is 0 Å². The Hall–Kier alpha value is -2.49. The highest BCUT2D eigenvalue weighted by Gasteiger charge is 2.07. The maximum atomic E-state index is 9.49. The van der Waals surface area contributed by atoms with Gasteiger partial charge in [0.2, 0.25) is 0 Å². The molecule has 1 heterocycles. The first-order chi connectivity index (χ1) is 8.63. The minimum Gasteiger partial charge on any atom is -0.504 e. The van der Waals surface area contributed by atoms with Crippen LogP contribution in [-0.2, 0) is 0 Å². The van der Waals surface area contributed by atoms with Crippen molar-refractivity contribution in [2.75, 3.05) is 0 Å². The number of aryl methyl sites for hydroxylation is 1. The van der Waals surface area contributed by atoms with Crippen LogP contribution in [0.1, 0.15) is 5.56 Å². The van der Waals surface area contributed by atoms with Crippen molar-refractivity contribution in [1.82, 2.24) is 9.97 Å². The molecular formula is C14H12N2O2. The van der Waals surface area contributed by atoms with Crippen LogP contribution < -0.4 is 0 Å². The van der Waals surface area contributed by atoms with E-state index >= 15 is 0 Å². The van der Waals surface area contributed by atoms with Crippen molar-refractivity contribution in [3.63, 3.8) is 0 Å². The molecule has 2 aromatic carbocycles. The lowest BCUT2D eigenvalue weighted by Gasteiger charge is -1.99. The third-order valence-electron chi connectivity index (χ3n) is 2.89. The smallest absolute Gasteiger partial charge is 0.158 e. The standard InChI is InChI=1S/C14H12N2O2/c1-8-2-4-10-11(6-8)16-14(15-10)9-3-5-12(17)13(18)7-9/h2-7,17-18H,1H3,(H,15,16). The van der Waals surface area contributed by atoms with Gasteiger partial charge in [-0.2, -0.15) is 0 Å². The van der Waals surface area contributed by atoms with E-state index in [-0.39, 0.29) is 11.5 Å². The Morgan fingerprint density at radius 3 is 2.61 bits per heavy atom. The third-order valence-corrected chi connectivity index (χ3v) is 2.89. The number of aromatic amines is 1. The molecule has 3 N–H and O–H groups in total. The van der Waals surface area contributed by atoms with Crippen molar-refractivity contribution >= 4 is 11.0 Å². The van der Waals surface area contributed by atoms with E-state index in [1.54, 1.807) is 6.07 Å². The van der Waals surface area contributed by atoms with Crippen molar-refractivity contribution in [3.05, 3.63) is 42.0 Å². The number of aromatic hydroxyl groups is 2. The molecule has 3 aromatic rings. The lowest BCUT2D eigenvalue weighted by Crippen LogP contribution is -1.80. The second kappa shape index (κ2) is 3.77. The number of aromatic nitrogens is 2. The summed E-state index contributed by atoms with van der Waals surface area (Å²) < 4.78 is 0. The molecule has 0 radical (unpaired) electrons. The summed E-state index contributed by atoms with van der Waals surface area (Å²) in [7, 11) is 0. The van der Waals surface area contributed by atoms with Crippen LogP contribution in [0.15, 0.2) is 36.4 Å². The SMILES string of the molecule is Cc1ccc2nc(-c3ccc(O)c(O)c3)[nH]c2c1. The molecule has 0 bridgehead atoms. The summed E-state index contributed by atoms with van der Waals surface area (Å²) in [6, 6.07) is 10.6. The quantitative estimate of drug-likeness (QED) is 0.573. The van der Waals surface area contributed by atoms with E-state index in [1.165, 1.54) is 12.1 Å². The van der Waals surface area contributed by atoms with E-state index in [0.29, 0.717) is 5.82 Å². The maximum Gasteiger partial charge on any atom is 0.158 e. The van der Waals surface area contributed by atoms with Crippen LogP contribution in [0.25, 0.3) is 22.4 Å². The van der Waals surface area contributed by atoms with Crippen LogP contribution in [0, 0.1) is 6.92 Å². The largest absolute Gasteiger partial charge is 0.504 e. The maximum absolute atomic E-state index is 9.49. The molecule has 0 aliphatic rings. The average molecular weight is 240 g/mol. The first kappa shape index (κ1) is 10.7. The average Bonchev–Trinajstić information content (AvgIpc) is 2.75. The molecule has 0 aliphatic heterocycles. The predicted molar refractivity (Wildman–Crippen MR) is 69.6 cm³/mol. The van der Waals surface area contributed by atoms with Gasteiger partial charge in [-0.25, -0.2) is 4.98 Å². The number of benzene rings is 2. The number of phenols is 2. The zero-order valence-electron chi connectivity index (χ0n) is 9.81. The van der Waals surface area contributed by atoms with E-state index in [0.717, 1.165) is 22.2 Å². The Morgan fingerprint density at radius 1 is 1.00 bits per heavy atom. The van der Waals surface area contributed by atoms with Gasteiger partial charge in [-0.1, -0.05) is 6.07 Å². The molecule has 4 nitrogen and oxygen atoms in total. The second-order valence-corrected chi connectivity index (χ2v) is 4.31. The highest BCUT2D eigenvalue weighted by molar-refractivity contribution is 5.80. The molecule has 0 atom stereocenters. The van der Waals surface area contributed by atoms with Gasteiger partial charge in [0.05, 0.1) is 11.0 Å². The van der Waals surface area contributed by atoms with Crippen molar-refractivity contribution in [2.45, 2.75) is 6.92 Å². The summed E-state index contributed by atoms with van der Waals surface area (Å²) in [5.41, 5.74) is 3.73. The zero-order chi connectivity index (χ0) is 12.7. The minimum absolute atomic E-state index is 0.134. The number of rotatable bonds is 1. The normalized spacial score (nSPS) is 10.9. The predicted octanol–water partition coefficient (Wildman–Crippen LogP) is 2.95. The fourth-order valence-electron chi connectivity index (χ4n) is 1.93. The molecule has 4 heteroatoms. The first-order valence-corrected chi connectivity index (χ1v) is 5.62. The number of H-pyrrole nitrogens is 1. The number of fused-ring (bicyclic) bond motifs is 1. The summed E-state index contributed by atoms with van der Waals surface area (Å²) in [6.45, 7) is 2.02. The highest BCUT2D eigenvalue weighted by atomic mass is 16.3. The highest BCUT2D eigenvalue weighted by Crippen LogP contribution is 2.30. The van der Waals surface area contributed by atoms with Crippen LogP contribution >= 0.6 is 0 Å². The van der Waals surface area contributed by atoms with Crippen LogP contribution in [-0.4, -0.2) is 20.2 Å². The molecule has 90 valence electrons. The van der Waals surface area contributed by atoms with Gasteiger partial charge in [0.15, 0.2) is 11.5 Å². The van der Waals surface area contributed by atoms with Crippen molar-refractivity contribution < 1.29 is 10.2 Å². The number of hydrogen-bond acceptors (Lipinski definition) is 3. The van der Waals surface area contributed by atoms with E-state index < -0.39 is 0 Å². The number of nitrogens with zero attached hydrogens (tertiary/aromatic N) is 1. The summed E-state index contributed by atoms with van der Waals surface area (Å²) >= 11 is 0. The molecular weight excluding hydrogens is 228 g/mol. The van der Waals surface area contributed by atoms with Gasteiger partial charge in [0.1, 0.15) is 5.82 Å². The summed E-state index contributed by atoms with van der Waals surface area (Å²) in [4.78, 5) is 7.64. The van der Waals surface area contributed by atoms with Gasteiger partial charge in [0.25, 0.3) is 0 Å². The monoisotopic (exact) mass is 240 g/mol. The number of imidazole rings is 1. The van der Waals surface area contributed by atoms with Gasteiger partial charge in [-0.05, 0) is 42.8 Å². The zero-order valence-corrected chi connectivity index (χ0v) is 9.81. The molecule has 0 aliphatic carbocycles. The first-order valence-electron chi connectivity index (χ1n) is 5.62. The van der Waals surface area contributed by atoms with Gasteiger partial charge < -0.3 is 15.2 Å². The van der Waals surface area contributed by atoms with Gasteiger partial charge in [-0.15, -0.1) is 0 Å². The Balaban J connectivity index is 2.16. The molecule has 0 spiro atoms. The molecule has 0 fully saturated rings. The van der Waals surface area contributed by atoms with Crippen LogP contribution in [0.4, 0.5) is 0 Å². The third kappa shape index (κ3) is 1.68. The minimum atomic E-state index is -0.149. The fraction of sp³-hybridized carbons (Fsp3) is 0.0714. The van der Waals surface area contributed by atoms with E-state index in [1.807, 2.05) is 25.1 Å². The van der Waals surface area contributed by atoms with Crippen molar-refractivity contribution in [3.8, 4) is 22.9 Å². The van der Waals surface area contributed by atoms with Gasteiger partial charge >= 0.3 is 0 Å². The van der Waals surface area contributed by atoms with E-state index in [4.69, 9.17) is 0 Å². The topological polar surface area (TPSA) is 69.1 Å². The molecule has 0 amide bonds.